The Morgan fingerprint density at radius 2 is 0.662 bits per heavy atom. The van der Waals surface area contributed by atoms with Crippen molar-refractivity contribution < 1.29 is 106 Å². The molecule has 4 heterocycles. The standard InChI is InChI=1S/C30H46O5.C28H42O5.C27H40O5.C25H39O7P/c1-27(2,3)26(31)35-19-34-22-10-13-28(4)21(17-22)8-9-25-24(28)11-14-29(5)23(12-15-30(25,29)32)20-7-6-16-33-18-20;1-18(29)32-19(2)33-22-9-12-26(3)21(16-22)7-8-25-24(26)10-13-27(4)23(11-14-28(25,27)30)20-6-5-15-31-17-20;1-18(28)31-17-32-21-8-11-25(2)20(15-21)6-7-24-23(25)9-12-26(3)22(10-13-27(24,26)29)19-5-4-14-30-16-19;1-23-10-7-19(31-16-32-33(27,28)29)14-18(23)5-6-22-21(23)8-11-24(2)20(9-12-25(22,24)26)17-4-3-13-30-15-17/h6-7,18,21-25,32H,8-17,19H2,1-5H3;5-6,17,19,21-25,30H,7-16H2,1-4H3;4-5,16,20-24,29H,6-15,17H2,1-3H3;3-4,15,18-22,26H,5-14,16H2,1-2H3,(H2,27,28,29)/t21-,22+,23-,24+,25-,28+,29-,30+;19?,21-,22+,23-,24+,25-,26+,27-,28+;20-,21+,22-,23+,24-,25+,26-,27+;18-,19+,20-,21+,22-,23+,24-,25+/m1111/s1. The molecule has 0 aromatic heterocycles. The fourth-order valence-electron chi connectivity index (χ4n) is 35.3. The van der Waals surface area contributed by atoms with Crippen molar-refractivity contribution in [3.63, 3.8) is 0 Å². The molecule has 0 aromatic rings. The molecule has 133 heavy (non-hydrogen) atoms. The molecule has 744 valence electrons. The van der Waals surface area contributed by atoms with Crippen molar-refractivity contribution in [2.75, 3.05) is 46.8 Å². The highest BCUT2D eigenvalue weighted by Crippen LogP contribution is 2.76. The summed E-state index contributed by atoms with van der Waals surface area (Å²) in [5.74, 6) is 6.81. The van der Waals surface area contributed by atoms with Crippen molar-refractivity contribution in [2.45, 2.75) is 381 Å². The summed E-state index contributed by atoms with van der Waals surface area (Å²) in [5.41, 5.74) is 2.80. The smallest absolute Gasteiger partial charge is 0.471 e. The Morgan fingerprint density at radius 1 is 0.376 bits per heavy atom. The lowest BCUT2D eigenvalue weighted by molar-refractivity contribution is -0.221. The molecule has 0 aromatic carbocycles. The van der Waals surface area contributed by atoms with E-state index in [1.54, 1.807) is 0 Å². The molecule has 0 amide bonds. The van der Waals surface area contributed by atoms with E-state index >= 15 is 0 Å². The maximum Gasteiger partial charge on any atom is 0.471 e. The van der Waals surface area contributed by atoms with Crippen LogP contribution < -0.4 is 0 Å². The van der Waals surface area contributed by atoms with Crippen LogP contribution in [-0.4, -0.2) is 148 Å². The van der Waals surface area contributed by atoms with Crippen molar-refractivity contribution >= 4 is 25.7 Å². The topological polar surface area (TPSA) is 300 Å². The summed E-state index contributed by atoms with van der Waals surface area (Å²) in [4.78, 5) is 52.2. The number of esters is 3. The molecule has 0 bridgehead atoms. The Morgan fingerprint density at radius 3 is 0.932 bits per heavy atom. The number of ether oxygens (including phenoxy) is 11. The molecule has 20 aliphatic rings. The Labute approximate surface area is 794 Å². The van der Waals surface area contributed by atoms with Gasteiger partial charge in [-0.15, -0.1) is 0 Å². The van der Waals surface area contributed by atoms with Crippen molar-refractivity contribution in [2.24, 2.45) is 143 Å². The number of hydrogen-bond acceptors (Lipinski definition) is 20. The van der Waals surface area contributed by atoms with Gasteiger partial charge in [0.25, 0.3) is 0 Å². The number of carbonyl (C=O) groups is 3. The predicted octanol–water partition coefficient (Wildman–Crippen LogP) is 21.5. The summed E-state index contributed by atoms with van der Waals surface area (Å²) < 4.78 is 77.3. The fraction of sp³-hybridized carbons (Fsp3) is 0.827. The van der Waals surface area contributed by atoms with Crippen LogP contribution in [0.5, 0.6) is 0 Å². The molecule has 22 nitrogen and oxygen atoms in total. The molecule has 6 N–H and O–H groups in total. The lowest BCUT2D eigenvalue weighted by Crippen LogP contribution is -2.62. The molecule has 1 unspecified atom stereocenters. The third kappa shape index (κ3) is 18.1. The highest BCUT2D eigenvalue weighted by Gasteiger charge is 2.73. The van der Waals surface area contributed by atoms with Crippen molar-refractivity contribution in [3.05, 3.63) is 95.9 Å². The Balaban J connectivity index is 0.000000124. The third-order valence-corrected chi connectivity index (χ3v) is 43.1. The van der Waals surface area contributed by atoms with E-state index in [1.807, 2.05) is 52.7 Å². The van der Waals surface area contributed by atoms with Gasteiger partial charge in [-0.25, -0.2) is 4.57 Å². The van der Waals surface area contributed by atoms with E-state index in [0.29, 0.717) is 121 Å². The van der Waals surface area contributed by atoms with Crippen LogP contribution in [0.25, 0.3) is 0 Å². The van der Waals surface area contributed by atoms with Crippen LogP contribution in [-0.2, 0) is 75.6 Å². The van der Waals surface area contributed by atoms with Gasteiger partial charge < -0.3 is 82.3 Å². The number of phosphoric ester groups is 1. The molecule has 0 radical (unpaired) electrons. The van der Waals surface area contributed by atoms with Crippen LogP contribution in [0.1, 0.15) is 328 Å². The van der Waals surface area contributed by atoms with Gasteiger partial charge in [0.2, 0.25) is 0 Å². The van der Waals surface area contributed by atoms with Gasteiger partial charge in [-0.2, -0.15) is 0 Å². The Hall–Kier alpha value is -4.68. The molecule has 0 spiro atoms. The zero-order chi connectivity index (χ0) is 94.5. The van der Waals surface area contributed by atoms with Crippen LogP contribution in [0, 0.1) is 143 Å². The SMILES string of the molecule is CC(=O)OC(C)O[C@H]1CC[C@@]2(C)[C@H](CC[C@@H]3[C@@H]2CC[C@]2(C)[C@@H](C4=COCC=C4)CC[C@]32O)C1.CC(=O)OCO[C@H]1CC[C@@]2(C)[C@H](CC[C@@H]3[C@@H]2CC[C@]2(C)[C@@H](C4=COCC=C4)CC[C@]32O)C1.CC(C)(C)C(=O)OCO[C@H]1CC[C@@]2(C)[C@H](CC[C@@H]3[C@@H]2CC[C@]2(C)[C@@H](C4=COCC=C4)CC[C@]32O)C1.C[C@]12CC[C@H](OCOP(=O)(O)O)C[C@H]1CC[C@@H]1[C@@H]2CC[C@]2(C)[C@@H](C3=COCC=C3)CC[C@]12O. The maximum absolute atomic E-state index is 12.4. The first kappa shape index (κ1) is 99.9. The maximum atomic E-state index is 12.4. The number of allylic oxidation sites excluding steroid dienone is 8. The quantitative estimate of drug-likeness (QED) is 0.0341. The van der Waals surface area contributed by atoms with Crippen molar-refractivity contribution in [1.29, 1.82) is 0 Å². The molecular formula is C110H167O22P. The highest BCUT2D eigenvalue weighted by molar-refractivity contribution is 7.46. The molecule has 0 saturated heterocycles. The minimum Gasteiger partial charge on any atom is -0.497 e. The number of aliphatic hydroxyl groups is 4. The van der Waals surface area contributed by atoms with E-state index in [-0.39, 0.29) is 106 Å². The van der Waals surface area contributed by atoms with E-state index in [0.717, 1.165) is 205 Å². The molecule has 4 aliphatic heterocycles. The predicted molar refractivity (Wildman–Crippen MR) is 505 cm³/mol. The van der Waals surface area contributed by atoms with Crippen LogP contribution in [0.15, 0.2) is 95.9 Å². The zero-order valence-electron chi connectivity index (χ0n) is 83.1. The summed E-state index contributed by atoms with van der Waals surface area (Å²) in [7, 11) is -4.50. The van der Waals surface area contributed by atoms with Gasteiger partial charge in [0, 0.05) is 35.5 Å². The summed E-state index contributed by atoms with van der Waals surface area (Å²) in [6.45, 7) is 32.0. The molecule has 16 fully saturated rings. The van der Waals surface area contributed by atoms with Crippen LogP contribution in [0.3, 0.4) is 0 Å². The average molecular weight is 1870 g/mol. The van der Waals surface area contributed by atoms with E-state index in [2.05, 4.69) is 109 Å². The first-order valence-electron chi connectivity index (χ1n) is 52.5. The van der Waals surface area contributed by atoms with Gasteiger partial charge >= 0.3 is 25.7 Å². The molecular weight excluding hydrogens is 1700 g/mol. The van der Waals surface area contributed by atoms with Crippen LogP contribution in [0.2, 0.25) is 0 Å². The van der Waals surface area contributed by atoms with Gasteiger partial charge in [0.1, 0.15) is 26.4 Å². The van der Waals surface area contributed by atoms with Gasteiger partial charge in [-0.3, -0.25) is 18.9 Å². The normalized spacial score (nSPS) is 46.7. The number of carbonyl (C=O) groups excluding carboxylic acids is 3. The summed E-state index contributed by atoms with van der Waals surface area (Å²) in [6, 6.07) is 0. The molecule has 16 aliphatic carbocycles. The summed E-state index contributed by atoms with van der Waals surface area (Å²) >= 11 is 0. The van der Waals surface area contributed by atoms with E-state index in [1.165, 1.54) is 61.8 Å². The average Bonchev–Trinajstić information content (AvgIpc) is 1.60. The third-order valence-electron chi connectivity index (χ3n) is 42.6. The second kappa shape index (κ2) is 38.3. The second-order valence-corrected chi connectivity index (χ2v) is 50.2. The van der Waals surface area contributed by atoms with Crippen LogP contribution in [0.4, 0.5) is 0 Å². The first-order chi connectivity index (χ1) is 63.0. The van der Waals surface area contributed by atoms with E-state index in [4.69, 9.17) is 61.9 Å². The Kier molecular flexibility index (Phi) is 28.8. The minimum absolute atomic E-state index is 0.0241. The molecule has 23 heteroatoms. The van der Waals surface area contributed by atoms with E-state index < -0.39 is 41.9 Å². The minimum atomic E-state index is -4.50. The molecule has 20 rings (SSSR count). The monoisotopic (exact) mass is 1870 g/mol. The number of fused-ring (bicyclic) bond motifs is 20. The van der Waals surface area contributed by atoms with Crippen LogP contribution >= 0.6 is 7.82 Å². The number of hydrogen-bond donors (Lipinski definition) is 6. The molecule has 16 saturated carbocycles. The number of rotatable bonds is 17. The lowest BCUT2D eigenvalue weighted by Gasteiger charge is -2.63. The largest absolute Gasteiger partial charge is 0.497 e. The first-order valence-corrected chi connectivity index (χ1v) is 54.0. The highest BCUT2D eigenvalue weighted by atomic mass is 31.2. The van der Waals surface area contributed by atoms with Gasteiger partial charge in [-0.05, 0) is 422 Å². The summed E-state index contributed by atoms with van der Waals surface area (Å²) in [6.07, 6.45) is 63.3. The van der Waals surface area contributed by atoms with Crippen molar-refractivity contribution in [3.8, 4) is 0 Å². The fourth-order valence-corrected chi connectivity index (χ4v) is 35.5. The van der Waals surface area contributed by atoms with Gasteiger partial charge in [0.15, 0.2) is 26.7 Å². The van der Waals surface area contributed by atoms with E-state index in [9.17, 15) is 39.4 Å². The van der Waals surface area contributed by atoms with Gasteiger partial charge in [-0.1, -0.05) is 79.7 Å². The van der Waals surface area contributed by atoms with Crippen molar-refractivity contribution in [1.82, 2.24) is 0 Å². The molecule has 33 atom stereocenters. The second-order valence-electron chi connectivity index (χ2n) is 49.0. The van der Waals surface area contributed by atoms with Gasteiger partial charge in [0.05, 0.1) is 77.3 Å². The zero-order valence-corrected chi connectivity index (χ0v) is 84.0. The lowest BCUT2D eigenvalue weighted by atomic mass is 9.43. The Bertz CT molecular complexity index is 4500. The number of phosphoric acid groups is 1. The summed E-state index contributed by atoms with van der Waals surface area (Å²) in [5, 5.41) is 49.4.